The van der Waals surface area contributed by atoms with Crippen LogP contribution in [0.4, 0.5) is 0 Å². The molecule has 0 saturated heterocycles. The van der Waals surface area contributed by atoms with E-state index in [1.807, 2.05) is 0 Å². The summed E-state index contributed by atoms with van der Waals surface area (Å²) in [5.41, 5.74) is 0. The van der Waals surface area contributed by atoms with Crippen molar-refractivity contribution in [1.29, 1.82) is 0 Å². The van der Waals surface area contributed by atoms with Crippen LogP contribution in [-0.2, 0) is 4.79 Å². The highest BCUT2D eigenvalue weighted by Crippen LogP contribution is 2.32. The Bertz CT molecular complexity index is 270. The first kappa shape index (κ1) is 17.5. The molecule has 1 saturated carbocycles. The molecule has 1 aliphatic carbocycles. The molecule has 1 atom stereocenters. The Hall–Kier alpha value is -0.570. The monoisotopic (exact) mass is 283 g/mol. The summed E-state index contributed by atoms with van der Waals surface area (Å²) in [6.07, 6.45) is 9.24. The Morgan fingerprint density at radius 2 is 1.90 bits per heavy atom. The van der Waals surface area contributed by atoms with Crippen LogP contribution in [0.5, 0.6) is 0 Å². The molecular formula is C17H33NO2. The lowest BCUT2D eigenvalue weighted by Crippen LogP contribution is -2.42. The van der Waals surface area contributed by atoms with Crippen molar-refractivity contribution in [3.63, 3.8) is 0 Å². The topological polar surface area (TPSA) is 49.3 Å². The van der Waals surface area contributed by atoms with Crippen molar-refractivity contribution >= 4 is 5.91 Å². The lowest BCUT2D eigenvalue weighted by Gasteiger charge is -2.29. The average Bonchev–Trinajstić information content (AvgIpc) is 2.44. The van der Waals surface area contributed by atoms with Crippen molar-refractivity contribution in [3.05, 3.63) is 0 Å². The summed E-state index contributed by atoms with van der Waals surface area (Å²) in [6.45, 7) is 6.53. The molecule has 1 rings (SSSR count). The normalized spacial score (nSPS) is 24.6. The van der Waals surface area contributed by atoms with E-state index in [4.69, 9.17) is 0 Å². The first-order chi connectivity index (χ1) is 9.56. The number of amides is 1. The standard InChI is InChI=1S/C17H33NO2/c1-4-5-6-14-7-9-15(10-8-14)17(20)18-16(12-19)11-13(2)3/h13-16,19H,4-12H2,1-3H3,(H,18,20). The number of aliphatic hydroxyl groups excluding tert-OH is 1. The van der Waals surface area contributed by atoms with E-state index in [2.05, 4.69) is 26.1 Å². The fourth-order valence-electron chi connectivity index (χ4n) is 3.27. The molecule has 1 unspecified atom stereocenters. The molecule has 3 heteroatoms. The number of unbranched alkanes of at least 4 members (excludes halogenated alkanes) is 1. The Morgan fingerprint density at radius 3 is 2.40 bits per heavy atom. The van der Waals surface area contributed by atoms with Gasteiger partial charge in [0, 0.05) is 5.92 Å². The van der Waals surface area contributed by atoms with Gasteiger partial charge in [-0.25, -0.2) is 0 Å². The fourth-order valence-corrected chi connectivity index (χ4v) is 3.27. The van der Waals surface area contributed by atoms with Gasteiger partial charge in [-0.3, -0.25) is 4.79 Å². The van der Waals surface area contributed by atoms with Crippen molar-refractivity contribution in [2.75, 3.05) is 6.61 Å². The van der Waals surface area contributed by atoms with Gasteiger partial charge in [0.25, 0.3) is 0 Å². The van der Waals surface area contributed by atoms with Gasteiger partial charge in [-0.2, -0.15) is 0 Å². The minimum Gasteiger partial charge on any atom is -0.394 e. The van der Waals surface area contributed by atoms with E-state index in [1.54, 1.807) is 0 Å². The first-order valence-corrected chi connectivity index (χ1v) is 8.48. The molecule has 0 aromatic heterocycles. The van der Waals surface area contributed by atoms with Gasteiger partial charge < -0.3 is 10.4 Å². The number of hydrogen-bond acceptors (Lipinski definition) is 2. The van der Waals surface area contributed by atoms with E-state index < -0.39 is 0 Å². The number of carbonyl (C=O) groups is 1. The number of rotatable bonds is 8. The van der Waals surface area contributed by atoms with Gasteiger partial charge in [0.2, 0.25) is 5.91 Å². The zero-order valence-corrected chi connectivity index (χ0v) is 13.5. The zero-order chi connectivity index (χ0) is 15.0. The Balaban J connectivity index is 2.31. The minimum absolute atomic E-state index is 0.0514. The van der Waals surface area contributed by atoms with Crippen molar-refractivity contribution < 1.29 is 9.90 Å². The van der Waals surface area contributed by atoms with Gasteiger partial charge in [0.05, 0.1) is 12.6 Å². The highest BCUT2D eigenvalue weighted by atomic mass is 16.3. The van der Waals surface area contributed by atoms with E-state index >= 15 is 0 Å². The molecule has 0 radical (unpaired) electrons. The van der Waals surface area contributed by atoms with Crippen molar-refractivity contribution in [2.45, 2.75) is 78.2 Å². The molecular weight excluding hydrogens is 250 g/mol. The van der Waals surface area contributed by atoms with Crippen LogP contribution in [0.2, 0.25) is 0 Å². The molecule has 1 aliphatic rings. The summed E-state index contributed by atoms with van der Waals surface area (Å²) in [6, 6.07) is -0.0692. The average molecular weight is 283 g/mol. The van der Waals surface area contributed by atoms with Crippen molar-refractivity contribution in [2.24, 2.45) is 17.8 Å². The lowest BCUT2D eigenvalue weighted by atomic mass is 9.79. The number of hydrogen-bond donors (Lipinski definition) is 2. The van der Waals surface area contributed by atoms with Crippen LogP contribution in [0.15, 0.2) is 0 Å². The van der Waals surface area contributed by atoms with Gasteiger partial charge >= 0.3 is 0 Å². The highest BCUT2D eigenvalue weighted by Gasteiger charge is 2.27. The molecule has 0 aliphatic heterocycles. The molecule has 118 valence electrons. The van der Waals surface area contributed by atoms with E-state index in [0.717, 1.165) is 25.2 Å². The molecule has 20 heavy (non-hydrogen) atoms. The molecule has 2 N–H and O–H groups in total. The number of carbonyl (C=O) groups excluding carboxylic acids is 1. The highest BCUT2D eigenvalue weighted by molar-refractivity contribution is 5.79. The predicted molar refractivity (Wildman–Crippen MR) is 83.4 cm³/mol. The molecule has 0 bridgehead atoms. The third kappa shape index (κ3) is 6.25. The van der Waals surface area contributed by atoms with Gasteiger partial charge in [0.15, 0.2) is 0 Å². The Morgan fingerprint density at radius 1 is 1.25 bits per heavy atom. The summed E-state index contributed by atoms with van der Waals surface area (Å²) >= 11 is 0. The van der Waals surface area contributed by atoms with Crippen LogP contribution in [0.3, 0.4) is 0 Å². The maximum Gasteiger partial charge on any atom is 0.223 e. The van der Waals surface area contributed by atoms with Crippen LogP contribution in [0.1, 0.15) is 72.1 Å². The SMILES string of the molecule is CCCCC1CCC(C(=O)NC(CO)CC(C)C)CC1. The van der Waals surface area contributed by atoms with Crippen LogP contribution in [0.25, 0.3) is 0 Å². The minimum atomic E-state index is -0.0692. The lowest BCUT2D eigenvalue weighted by molar-refractivity contribution is -0.127. The summed E-state index contributed by atoms with van der Waals surface area (Å²) < 4.78 is 0. The molecule has 0 heterocycles. The molecule has 3 nitrogen and oxygen atoms in total. The van der Waals surface area contributed by atoms with E-state index in [-0.39, 0.29) is 24.5 Å². The van der Waals surface area contributed by atoms with E-state index in [1.165, 1.54) is 32.1 Å². The summed E-state index contributed by atoms with van der Waals surface area (Å²) in [5.74, 6) is 1.67. The molecule has 0 aromatic rings. The third-order valence-corrected chi connectivity index (χ3v) is 4.51. The Labute approximate surface area is 124 Å². The van der Waals surface area contributed by atoms with Gasteiger partial charge in [-0.15, -0.1) is 0 Å². The van der Waals surface area contributed by atoms with Crippen LogP contribution >= 0.6 is 0 Å². The maximum absolute atomic E-state index is 12.2. The second-order valence-electron chi connectivity index (χ2n) is 6.88. The summed E-state index contributed by atoms with van der Waals surface area (Å²) in [5, 5.41) is 12.4. The predicted octanol–water partition coefficient (Wildman–Crippen LogP) is 3.51. The molecule has 1 fully saturated rings. The van der Waals surface area contributed by atoms with Gasteiger partial charge in [-0.05, 0) is 43.9 Å². The van der Waals surface area contributed by atoms with Gasteiger partial charge in [0.1, 0.15) is 0 Å². The van der Waals surface area contributed by atoms with Crippen molar-refractivity contribution in [1.82, 2.24) is 5.32 Å². The molecule has 0 aromatic carbocycles. The molecule has 0 spiro atoms. The fraction of sp³-hybridized carbons (Fsp3) is 0.941. The quantitative estimate of drug-likeness (QED) is 0.716. The number of nitrogens with one attached hydrogen (secondary N) is 1. The second kappa shape index (κ2) is 9.38. The molecule has 1 amide bonds. The van der Waals surface area contributed by atoms with Crippen LogP contribution < -0.4 is 5.32 Å². The van der Waals surface area contributed by atoms with Crippen LogP contribution in [-0.4, -0.2) is 23.7 Å². The zero-order valence-electron chi connectivity index (χ0n) is 13.5. The van der Waals surface area contributed by atoms with E-state index in [9.17, 15) is 9.90 Å². The summed E-state index contributed by atoms with van der Waals surface area (Å²) in [7, 11) is 0. The third-order valence-electron chi connectivity index (χ3n) is 4.51. The maximum atomic E-state index is 12.2. The Kier molecular flexibility index (Phi) is 8.20. The smallest absolute Gasteiger partial charge is 0.223 e. The first-order valence-electron chi connectivity index (χ1n) is 8.48. The van der Waals surface area contributed by atoms with Crippen molar-refractivity contribution in [3.8, 4) is 0 Å². The largest absolute Gasteiger partial charge is 0.394 e. The van der Waals surface area contributed by atoms with Gasteiger partial charge in [-0.1, -0.05) is 40.0 Å². The second-order valence-corrected chi connectivity index (χ2v) is 6.88. The van der Waals surface area contributed by atoms with Crippen LogP contribution in [0, 0.1) is 17.8 Å². The van der Waals surface area contributed by atoms with E-state index in [0.29, 0.717) is 5.92 Å². The number of aliphatic hydroxyl groups is 1. The summed E-state index contributed by atoms with van der Waals surface area (Å²) in [4.78, 5) is 12.2.